The van der Waals surface area contributed by atoms with E-state index in [0.717, 1.165) is 23.1 Å². The molecule has 9 heteroatoms. The lowest BCUT2D eigenvalue weighted by molar-refractivity contribution is -0.136. The number of fused-ring (bicyclic) bond motifs is 1. The van der Waals surface area contributed by atoms with Crippen LogP contribution >= 0.6 is 15.9 Å². The summed E-state index contributed by atoms with van der Waals surface area (Å²) in [6.45, 7) is 0. The molecule has 0 spiro atoms. The van der Waals surface area contributed by atoms with Crippen LogP contribution in [0.1, 0.15) is 52.8 Å². The Kier molecular flexibility index (Phi) is 5.69. The number of unbranched alkanes of at least 4 members (excludes halogenated alkanes) is 1. The summed E-state index contributed by atoms with van der Waals surface area (Å²) in [5.74, 6) is -2.41. The first kappa shape index (κ1) is 19.2. The monoisotopic (exact) mass is 435 g/mol. The lowest BCUT2D eigenvalue weighted by Gasteiger charge is -2.27. The van der Waals surface area contributed by atoms with Gasteiger partial charge < -0.3 is 5.32 Å². The molecule has 27 heavy (non-hydrogen) atoms. The molecule has 0 aliphatic carbocycles. The molecule has 0 radical (unpaired) electrons. The fourth-order valence-electron chi connectivity index (χ4n) is 3.15. The number of carbonyl (C=O) groups excluding carboxylic acids is 5. The molecule has 1 atom stereocenters. The van der Waals surface area contributed by atoms with Crippen molar-refractivity contribution in [3.05, 3.63) is 29.3 Å². The van der Waals surface area contributed by atoms with Gasteiger partial charge in [-0.25, -0.2) is 0 Å². The summed E-state index contributed by atoms with van der Waals surface area (Å²) in [5, 5.41) is 5.69. The van der Waals surface area contributed by atoms with E-state index >= 15 is 0 Å². The number of amides is 5. The molecule has 3 rings (SSSR count). The van der Waals surface area contributed by atoms with Crippen molar-refractivity contribution in [1.82, 2.24) is 10.2 Å². The van der Waals surface area contributed by atoms with E-state index in [-0.39, 0.29) is 29.9 Å². The highest BCUT2D eigenvalue weighted by atomic mass is 79.9. The van der Waals surface area contributed by atoms with Gasteiger partial charge in [0.05, 0.1) is 11.1 Å². The van der Waals surface area contributed by atoms with E-state index in [1.807, 2.05) is 0 Å². The van der Waals surface area contributed by atoms with Crippen LogP contribution in [-0.4, -0.2) is 45.8 Å². The zero-order valence-electron chi connectivity index (χ0n) is 14.4. The SMILES string of the molecule is O=C1CCC(N2C(=O)c3ccc(NC(=O)CCCCBr)cc3C2=O)C(=O)N1. The van der Waals surface area contributed by atoms with Crippen LogP contribution in [0, 0.1) is 0 Å². The number of piperidine rings is 1. The van der Waals surface area contributed by atoms with E-state index in [1.165, 1.54) is 12.1 Å². The van der Waals surface area contributed by atoms with E-state index in [4.69, 9.17) is 0 Å². The molecule has 8 nitrogen and oxygen atoms in total. The Bertz CT molecular complexity index is 838. The minimum Gasteiger partial charge on any atom is -0.326 e. The largest absolute Gasteiger partial charge is 0.326 e. The van der Waals surface area contributed by atoms with Gasteiger partial charge >= 0.3 is 0 Å². The highest BCUT2D eigenvalue weighted by Crippen LogP contribution is 2.29. The molecule has 0 aromatic heterocycles. The van der Waals surface area contributed by atoms with E-state index in [9.17, 15) is 24.0 Å². The van der Waals surface area contributed by atoms with Crippen LogP contribution in [0.2, 0.25) is 0 Å². The molecule has 2 aliphatic heterocycles. The molecule has 2 aliphatic rings. The van der Waals surface area contributed by atoms with Crippen molar-refractivity contribution in [2.45, 2.75) is 38.1 Å². The molecule has 1 aromatic rings. The van der Waals surface area contributed by atoms with Gasteiger partial charge in [-0.15, -0.1) is 0 Å². The van der Waals surface area contributed by atoms with Gasteiger partial charge in [-0.3, -0.25) is 34.2 Å². The number of imide groups is 2. The van der Waals surface area contributed by atoms with Crippen LogP contribution in [0.15, 0.2) is 18.2 Å². The minimum absolute atomic E-state index is 0.0690. The van der Waals surface area contributed by atoms with E-state index < -0.39 is 29.7 Å². The van der Waals surface area contributed by atoms with Gasteiger partial charge in [0.15, 0.2) is 0 Å². The van der Waals surface area contributed by atoms with Gasteiger partial charge in [-0.2, -0.15) is 0 Å². The van der Waals surface area contributed by atoms with Gasteiger partial charge in [-0.05, 0) is 37.5 Å². The Hall–Kier alpha value is -2.55. The van der Waals surface area contributed by atoms with Gasteiger partial charge in [-0.1, -0.05) is 15.9 Å². The lowest BCUT2D eigenvalue weighted by atomic mass is 10.0. The molecule has 142 valence electrons. The van der Waals surface area contributed by atoms with Crippen molar-refractivity contribution in [2.75, 3.05) is 10.6 Å². The fourth-order valence-corrected chi connectivity index (χ4v) is 3.55. The van der Waals surface area contributed by atoms with Crippen LogP contribution in [0.5, 0.6) is 0 Å². The first-order valence-corrected chi connectivity index (χ1v) is 9.76. The van der Waals surface area contributed by atoms with Crippen molar-refractivity contribution in [3.8, 4) is 0 Å². The van der Waals surface area contributed by atoms with Crippen LogP contribution in [0.25, 0.3) is 0 Å². The highest BCUT2D eigenvalue weighted by Gasteiger charge is 2.44. The standard InChI is InChI=1S/C18H18BrN3O5/c19-8-2-1-3-14(23)20-10-4-5-11-12(9-10)18(27)22(17(11)26)13-6-7-15(24)21-16(13)25/h4-5,9,13H,1-3,6-8H2,(H,20,23)(H,21,24,25). The molecular weight excluding hydrogens is 418 g/mol. The van der Waals surface area contributed by atoms with Crippen molar-refractivity contribution in [3.63, 3.8) is 0 Å². The summed E-state index contributed by atoms with van der Waals surface area (Å²) in [6.07, 6.45) is 2.15. The second-order valence-corrected chi connectivity index (χ2v) is 7.19. The first-order valence-electron chi connectivity index (χ1n) is 8.64. The van der Waals surface area contributed by atoms with E-state index in [0.29, 0.717) is 12.1 Å². The number of nitrogens with zero attached hydrogens (tertiary/aromatic N) is 1. The number of rotatable bonds is 6. The Morgan fingerprint density at radius 1 is 1.15 bits per heavy atom. The second kappa shape index (κ2) is 7.99. The maximum Gasteiger partial charge on any atom is 0.262 e. The van der Waals surface area contributed by atoms with Crippen molar-refractivity contribution in [2.24, 2.45) is 0 Å². The number of hydrogen-bond donors (Lipinski definition) is 2. The molecule has 1 fully saturated rings. The van der Waals surface area contributed by atoms with Crippen molar-refractivity contribution >= 4 is 51.2 Å². The Morgan fingerprint density at radius 3 is 2.59 bits per heavy atom. The maximum absolute atomic E-state index is 12.7. The quantitative estimate of drug-likeness (QED) is 0.400. The molecule has 0 bridgehead atoms. The zero-order chi connectivity index (χ0) is 19.6. The van der Waals surface area contributed by atoms with Gasteiger partial charge in [0.1, 0.15) is 6.04 Å². The number of carbonyl (C=O) groups is 5. The third-order valence-electron chi connectivity index (χ3n) is 4.51. The zero-order valence-corrected chi connectivity index (χ0v) is 16.0. The summed E-state index contributed by atoms with van der Waals surface area (Å²) in [5.41, 5.74) is 0.744. The second-order valence-electron chi connectivity index (χ2n) is 6.40. The van der Waals surface area contributed by atoms with Crippen LogP contribution in [0.3, 0.4) is 0 Å². The van der Waals surface area contributed by atoms with E-state index in [2.05, 4.69) is 26.6 Å². The number of anilines is 1. The van der Waals surface area contributed by atoms with Crippen molar-refractivity contribution in [1.29, 1.82) is 0 Å². The maximum atomic E-state index is 12.7. The third-order valence-corrected chi connectivity index (χ3v) is 5.07. The topological polar surface area (TPSA) is 113 Å². The predicted molar refractivity (Wildman–Crippen MR) is 99.4 cm³/mol. The lowest BCUT2D eigenvalue weighted by Crippen LogP contribution is -2.54. The molecule has 1 unspecified atom stereocenters. The molecular formula is C18H18BrN3O5. The smallest absolute Gasteiger partial charge is 0.262 e. The average molecular weight is 436 g/mol. The summed E-state index contributed by atoms with van der Waals surface area (Å²) in [6, 6.07) is 3.47. The van der Waals surface area contributed by atoms with Crippen LogP contribution < -0.4 is 10.6 Å². The van der Waals surface area contributed by atoms with Crippen LogP contribution in [0.4, 0.5) is 5.69 Å². The molecule has 1 saturated heterocycles. The van der Waals surface area contributed by atoms with Crippen molar-refractivity contribution < 1.29 is 24.0 Å². The van der Waals surface area contributed by atoms with Gasteiger partial charge in [0.25, 0.3) is 11.8 Å². The molecule has 0 saturated carbocycles. The summed E-state index contributed by atoms with van der Waals surface area (Å²) < 4.78 is 0. The first-order chi connectivity index (χ1) is 12.9. The Labute approximate surface area is 163 Å². The predicted octanol–water partition coefficient (Wildman–Crippen LogP) is 1.59. The summed E-state index contributed by atoms with van der Waals surface area (Å²) in [7, 11) is 0. The molecule has 1 aromatic carbocycles. The normalized spacial score (nSPS) is 19.1. The number of hydrogen-bond acceptors (Lipinski definition) is 5. The number of halogens is 1. The molecule has 2 N–H and O–H groups in total. The fraction of sp³-hybridized carbons (Fsp3) is 0.389. The summed E-state index contributed by atoms with van der Waals surface area (Å²) >= 11 is 3.31. The Balaban J connectivity index is 1.75. The molecule has 2 heterocycles. The number of alkyl halides is 1. The minimum atomic E-state index is -1.00. The number of benzene rings is 1. The third kappa shape index (κ3) is 3.92. The van der Waals surface area contributed by atoms with Crippen LogP contribution in [-0.2, 0) is 14.4 Å². The summed E-state index contributed by atoms with van der Waals surface area (Å²) in [4.78, 5) is 61.5. The van der Waals surface area contributed by atoms with Gasteiger partial charge in [0.2, 0.25) is 17.7 Å². The Morgan fingerprint density at radius 2 is 1.89 bits per heavy atom. The molecule has 5 amide bonds. The van der Waals surface area contributed by atoms with E-state index in [1.54, 1.807) is 6.07 Å². The average Bonchev–Trinajstić information content (AvgIpc) is 2.86. The highest BCUT2D eigenvalue weighted by molar-refractivity contribution is 9.09. The van der Waals surface area contributed by atoms with Gasteiger partial charge in [0, 0.05) is 23.9 Å². The number of nitrogens with one attached hydrogen (secondary N) is 2.